The molecule has 1 N–H and O–H groups in total. The highest BCUT2D eigenvalue weighted by Crippen LogP contribution is 2.21. The molecule has 0 bridgehead atoms. The molecule has 0 saturated heterocycles. The first-order chi connectivity index (χ1) is 9.97. The molecule has 0 aromatic heterocycles. The van der Waals surface area contributed by atoms with Crippen molar-refractivity contribution in [2.45, 2.75) is 32.6 Å². The third-order valence-electron chi connectivity index (χ3n) is 3.05. The van der Waals surface area contributed by atoms with Gasteiger partial charge in [-0.1, -0.05) is 18.2 Å². The van der Waals surface area contributed by atoms with Gasteiger partial charge in [-0.25, -0.2) is 9.18 Å². The number of ether oxygens (including phenoxy) is 2. The fraction of sp³-hybridized carbons (Fsp3) is 0.533. The first-order valence-corrected chi connectivity index (χ1v) is 6.85. The van der Waals surface area contributed by atoms with E-state index < -0.39 is 18.2 Å². The lowest BCUT2D eigenvalue weighted by atomic mass is 10.2. The number of rotatable bonds is 8. The van der Waals surface area contributed by atoms with Crippen LogP contribution in [0.3, 0.4) is 0 Å². The Kier molecular flexibility index (Phi) is 7.11. The van der Waals surface area contributed by atoms with Gasteiger partial charge < -0.3 is 19.5 Å². The van der Waals surface area contributed by atoms with E-state index in [-0.39, 0.29) is 12.6 Å². The Hall–Kier alpha value is -1.66. The Morgan fingerprint density at radius 3 is 2.57 bits per heavy atom. The first kappa shape index (κ1) is 17.4. The van der Waals surface area contributed by atoms with Gasteiger partial charge in [-0.2, -0.15) is 0 Å². The summed E-state index contributed by atoms with van der Waals surface area (Å²) in [6, 6.07) is 6.15. The van der Waals surface area contributed by atoms with Crippen LogP contribution >= 0.6 is 0 Å². The number of hydrogen-bond acceptors (Lipinski definition) is 3. The molecule has 6 heteroatoms. The van der Waals surface area contributed by atoms with Crippen LogP contribution in [-0.2, 0) is 9.47 Å². The number of methoxy groups -OCH3 is 1. The van der Waals surface area contributed by atoms with Crippen LogP contribution in [-0.4, -0.2) is 42.4 Å². The van der Waals surface area contributed by atoms with Gasteiger partial charge in [-0.05, 0) is 26.3 Å². The van der Waals surface area contributed by atoms with Crippen LogP contribution in [0.2, 0.25) is 0 Å². The van der Waals surface area contributed by atoms with Gasteiger partial charge in [0.2, 0.25) is 0 Å². The van der Waals surface area contributed by atoms with E-state index in [9.17, 15) is 9.18 Å². The number of carbonyl (C=O) groups is 1. The third-order valence-corrected chi connectivity index (χ3v) is 3.05. The maximum atomic E-state index is 13.6. The summed E-state index contributed by atoms with van der Waals surface area (Å²) in [6.45, 7) is 4.27. The van der Waals surface area contributed by atoms with E-state index in [0.29, 0.717) is 18.5 Å². The fourth-order valence-corrected chi connectivity index (χ4v) is 1.95. The lowest BCUT2D eigenvalue weighted by Crippen LogP contribution is -2.37. The molecule has 0 aliphatic carbocycles. The standard InChI is InChI=1S/C15H22FNO4/c1-11(2)17(15(18)19)9-6-10-21-14(20-3)12-7-4-5-8-13(12)16/h4-5,7-8,11,14H,6,9-10H2,1-3H3,(H,18,19)/t14-/m0/s1. The van der Waals surface area contributed by atoms with Crippen molar-refractivity contribution >= 4 is 6.09 Å². The van der Waals surface area contributed by atoms with Crippen LogP contribution in [0, 0.1) is 5.82 Å². The molecule has 1 aromatic carbocycles. The molecular weight excluding hydrogens is 277 g/mol. The molecule has 0 fully saturated rings. The molecule has 0 radical (unpaired) electrons. The van der Waals surface area contributed by atoms with Crippen LogP contribution in [0.15, 0.2) is 24.3 Å². The average Bonchev–Trinajstić information content (AvgIpc) is 2.43. The zero-order chi connectivity index (χ0) is 15.8. The SMILES string of the molecule is CO[C@@H](OCCCN(C(=O)O)C(C)C)c1ccccc1F. The molecule has 1 atom stereocenters. The molecule has 5 nitrogen and oxygen atoms in total. The maximum absolute atomic E-state index is 13.6. The van der Waals surface area contributed by atoms with Crippen LogP contribution < -0.4 is 0 Å². The maximum Gasteiger partial charge on any atom is 0.407 e. The lowest BCUT2D eigenvalue weighted by Gasteiger charge is -2.24. The summed E-state index contributed by atoms with van der Waals surface area (Å²) < 4.78 is 24.2. The van der Waals surface area contributed by atoms with Gasteiger partial charge in [-0.3, -0.25) is 0 Å². The Labute approximate surface area is 124 Å². The molecule has 0 spiro atoms. The van der Waals surface area contributed by atoms with E-state index >= 15 is 0 Å². The largest absolute Gasteiger partial charge is 0.465 e. The minimum Gasteiger partial charge on any atom is -0.465 e. The summed E-state index contributed by atoms with van der Waals surface area (Å²) in [4.78, 5) is 12.3. The number of halogens is 1. The summed E-state index contributed by atoms with van der Waals surface area (Å²) in [5, 5.41) is 9.02. The van der Waals surface area contributed by atoms with Crippen molar-refractivity contribution in [3.63, 3.8) is 0 Å². The normalized spacial score (nSPS) is 12.4. The van der Waals surface area contributed by atoms with Gasteiger partial charge in [0.15, 0.2) is 6.29 Å². The molecule has 0 saturated carbocycles. The van der Waals surface area contributed by atoms with E-state index in [1.165, 1.54) is 18.1 Å². The van der Waals surface area contributed by atoms with E-state index in [2.05, 4.69) is 0 Å². The molecule has 0 aliphatic heterocycles. The van der Waals surface area contributed by atoms with Crippen molar-refractivity contribution in [1.82, 2.24) is 4.90 Å². The average molecular weight is 299 g/mol. The summed E-state index contributed by atoms with van der Waals surface area (Å²) in [5.41, 5.74) is 0.332. The van der Waals surface area contributed by atoms with Crippen molar-refractivity contribution in [3.8, 4) is 0 Å². The van der Waals surface area contributed by atoms with Crippen molar-refractivity contribution in [2.24, 2.45) is 0 Å². The molecule has 1 aromatic rings. The monoisotopic (exact) mass is 299 g/mol. The highest BCUT2D eigenvalue weighted by Gasteiger charge is 2.17. The van der Waals surface area contributed by atoms with E-state index in [1.807, 2.05) is 13.8 Å². The molecule has 0 unspecified atom stereocenters. The Bertz CT molecular complexity index is 453. The molecule has 0 aliphatic rings. The number of carboxylic acid groups (broad SMARTS) is 1. The van der Waals surface area contributed by atoms with Crippen molar-refractivity contribution in [1.29, 1.82) is 0 Å². The number of benzene rings is 1. The van der Waals surface area contributed by atoms with Gasteiger partial charge in [-0.15, -0.1) is 0 Å². The van der Waals surface area contributed by atoms with Crippen LogP contribution in [0.1, 0.15) is 32.1 Å². The molecule has 1 rings (SSSR count). The van der Waals surface area contributed by atoms with Crippen LogP contribution in [0.25, 0.3) is 0 Å². The fourth-order valence-electron chi connectivity index (χ4n) is 1.95. The second-order valence-corrected chi connectivity index (χ2v) is 4.88. The minimum atomic E-state index is -0.956. The van der Waals surface area contributed by atoms with E-state index in [4.69, 9.17) is 14.6 Å². The third kappa shape index (κ3) is 5.32. The predicted molar refractivity (Wildman–Crippen MR) is 76.6 cm³/mol. The topological polar surface area (TPSA) is 59.0 Å². The van der Waals surface area contributed by atoms with E-state index in [1.54, 1.807) is 18.2 Å². The Balaban J connectivity index is 2.47. The molecule has 118 valence electrons. The number of nitrogens with zero attached hydrogens (tertiary/aromatic N) is 1. The van der Waals surface area contributed by atoms with Crippen LogP contribution in [0.5, 0.6) is 0 Å². The highest BCUT2D eigenvalue weighted by molar-refractivity contribution is 5.65. The molecule has 0 heterocycles. The Morgan fingerprint density at radius 1 is 1.38 bits per heavy atom. The summed E-state index contributed by atoms with van der Waals surface area (Å²) in [7, 11) is 1.44. The zero-order valence-corrected chi connectivity index (χ0v) is 12.6. The van der Waals surface area contributed by atoms with Crippen molar-refractivity contribution in [3.05, 3.63) is 35.6 Å². The molecular formula is C15H22FNO4. The van der Waals surface area contributed by atoms with E-state index in [0.717, 1.165) is 0 Å². The van der Waals surface area contributed by atoms with Gasteiger partial charge >= 0.3 is 6.09 Å². The number of amides is 1. The zero-order valence-electron chi connectivity index (χ0n) is 12.6. The molecule has 1 amide bonds. The van der Waals surface area contributed by atoms with Crippen molar-refractivity contribution < 1.29 is 23.8 Å². The quantitative estimate of drug-likeness (QED) is 0.591. The number of hydrogen-bond donors (Lipinski definition) is 1. The predicted octanol–water partition coefficient (Wildman–Crippen LogP) is 3.27. The minimum absolute atomic E-state index is 0.0905. The van der Waals surface area contributed by atoms with Crippen molar-refractivity contribution in [2.75, 3.05) is 20.3 Å². The first-order valence-electron chi connectivity index (χ1n) is 6.85. The second-order valence-electron chi connectivity index (χ2n) is 4.88. The summed E-state index contributed by atoms with van der Waals surface area (Å²) in [5.74, 6) is -0.390. The molecule has 21 heavy (non-hydrogen) atoms. The summed E-state index contributed by atoms with van der Waals surface area (Å²) >= 11 is 0. The van der Waals surface area contributed by atoms with Gasteiger partial charge in [0.25, 0.3) is 0 Å². The van der Waals surface area contributed by atoms with Gasteiger partial charge in [0.05, 0.1) is 6.61 Å². The highest BCUT2D eigenvalue weighted by atomic mass is 19.1. The Morgan fingerprint density at radius 2 is 2.05 bits per heavy atom. The smallest absolute Gasteiger partial charge is 0.407 e. The lowest BCUT2D eigenvalue weighted by molar-refractivity contribution is -0.130. The van der Waals surface area contributed by atoms with Crippen LogP contribution in [0.4, 0.5) is 9.18 Å². The van der Waals surface area contributed by atoms with Gasteiger partial charge in [0.1, 0.15) is 5.82 Å². The summed E-state index contributed by atoms with van der Waals surface area (Å²) in [6.07, 6.45) is -1.23. The van der Waals surface area contributed by atoms with Gasteiger partial charge in [0, 0.05) is 25.3 Å². The second kappa shape index (κ2) is 8.59.